The summed E-state index contributed by atoms with van der Waals surface area (Å²) in [6.45, 7) is 0.887. The Morgan fingerprint density at radius 2 is 1.87 bits per heavy atom. The van der Waals surface area contributed by atoms with Gasteiger partial charge in [-0.25, -0.2) is 18.9 Å². The molecule has 2 aromatic carbocycles. The average molecular weight is 409 g/mol. The summed E-state index contributed by atoms with van der Waals surface area (Å²) in [5.74, 6) is 0.659. The van der Waals surface area contributed by atoms with Gasteiger partial charge in [-0.3, -0.25) is 0 Å². The van der Waals surface area contributed by atoms with E-state index < -0.39 is 0 Å². The Morgan fingerprint density at radius 1 is 0.935 bits per heavy atom. The number of hydrogen-bond donors (Lipinski definition) is 0. The van der Waals surface area contributed by atoms with Gasteiger partial charge in [0, 0.05) is 11.9 Å². The van der Waals surface area contributed by atoms with Gasteiger partial charge < -0.3 is 4.90 Å². The smallest absolute Gasteiger partial charge is 0.154 e. The largest absolute Gasteiger partial charge is 0.348 e. The molecule has 1 unspecified atom stereocenters. The molecule has 6 heteroatoms. The van der Waals surface area contributed by atoms with Crippen molar-refractivity contribution in [3.63, 3.8) is 0 Å². The van der Waals surface area contributed by atoms with E-state index in [1.807, 2.05) is 53.2 Å². The third-order valence-electron chi connectivity index (χ3n) is 5.99. The summed E-state index contributed by atoms with van der Waals surface area (Å²) < 4.78 is 15.7. The van der Waals surface area contributed by atoms with E-state index in [4.69, 9.17) is 10.1 Å². The number of imidazole rings is 1. The lowest BCUT2D eigenvalue weighted by Gasteiger charge is -2.26. The first-order chi connectivity index (χ1) is 15.3. The predicted octanol–water partition coefficient (Wildman–Crippen LogP) is 5.43. The van der Waals surface area contributed by atoms with E-state index in [1.54, 1.807) is 12.1 Å². The van der Waals surface area contributed by atoms with Crippen LogP contribution in [0.3, 0.4) is 0 Å². The minimum absolute atomic E-state index is 0.117. The van der Waals surface area contributed by atoms with E-state index >= 15 is 0 Å². The molecule has 0 bridgehead atoms. The van der Waals surface area contributed by atoms with Crippen molar-refractivity contribution in [2.24, 2.45) is 0 Å². The molecule has 5 nitrogen and oxygen atoms in total. The summed E-state index contributed by atoms with van der Waals surface area (Å²) in [5.41, 5.74) is 4.39. The predicted molar refractivity (Wildman–Crippen MR) is 119 cm³/mol. The number of anilines is 1. The molecule has 152 valence electrons. The van der Waals surface area contributed by atoms with E-state index in [1.165, 1.54) is 6.07 Å². The van der Waals surface area contributed by atoms with Crippen LogP contribution in [0, 0.1) is 5.82 Å². The molecular formula is C25H20FN5. The van der Waals surface area contributed by atoms with E-state index in [9.17, 15) is 4.39 Å². The molecule has 0 N–H and O–H groups in total. The van der Waals surface area contributed by atoms with Crippen LogP contribution in [-0.2, 0) is 0 Å². The van der Waals surface area contributed by atoms with Crippen LogP contribution in [0.15, 0.2) is 79.0 Å². The van der Waals surface area contributed by atoms with Crippen molar-refractivity contribution in [1.29, 1.82) is 0 Å². The number of benzene rings is 2. The molecular weight excluding hydrogens is 389 g/mol. The molecule has 0 radical (unpaired) electrons. The van der Waals surface area contributed by atoms with Crippen molar-refractivity contribution in [2.45, 2.75) is 18.9 Å². The SMILES string of the molecule is Fc1cccc(C2CCCN2c2ccc3ncc(-c4ccc5ccccc5n4)n3n2)c1. The van der Waals surface area contributed by atoms with Crippen LogP contribution >= 0.6 is 0 Å². The van der Waals surface area contributed by atoms with Crippen LogP contribution in [0.25, 0.3) is 27.9 Å². The van der Waals surface area contributed by atoms with Gasteiger partial charge in [-0.2, -0.15) is 0 Å². The van der Waals surface area contributed by atoms with Crippen molar-refractivity contribution in [3.8, 4) is 11.4 Å². The Bertz CT molecular complexity index is 1410. The molecule has 6 rings (SSSR count). The first-order valence-corrected chi connectivity index (χ1v) is 10.5. The highest BCUT2D eigenvalue weighted by Crippen LogP contribution is 2.35. The molecule has 3 aromatic heterocycles. The van der Waals surface area contributed by atoms with E-state index in [2.05, 4.69) is 22.0 Å². The number of halogens is 1. The van der Waals surface area contributed by atoms with Crippen LogP contribution in [0.2, 0.25) is 0 Å². The molecule has 4 heterocycles. The van der Waals surface area contributed by atoms with Crippen LogP contribution in [0.4, 0.5) is 10.2 Å². The van der Waals surface area contributed by atoms with Crippen LogP contribution in [0.5, 0.6) is 0 Å². The third-order valence-corrected chi connectivity index (χ3v) is 5.99. The van der Waals surface area contributed by atoms with Crippen molar-refractivity contribution < 1.29 is 4.39 Å². The Hall–Kier alpha value is -3.80. The molecule has 1 saturated heterocycles. The fourth-order valence-electron chi connectivity index (χ4n) is 4.50. The first kappa shape index (κ1) is 18.0. The summed E-state index contributed by atoms with van der Waals surface area (Å²) in [5, 5.41) is 6.02. The van der Waals surface area contributed by atoms with Crippen LogP contribution < -0.4 is 4.90 Å². The van der Waals surface area contributed by atoms with Gasteiger partial charge in [0.2, 0.25) is 0 Å². The van der Waals surface area contributed by atoms with Crippen molar-refractivity contribution in [2.75, 3.05) is 11.4 Å². The number of nitrogens with zero attached hydrogens (tertiary/aromatic N) is 5. The molecule has 0 spiro atoms. The number of rotatable bonds is 3. The zero-order chi connectivity index (χ0) is 20.8. The normalized spacial score (nSPS) is 16.4. The summed E-state index contributed by atoms with van der Waals surface area (Å²) >= 11 is 0. The molecule has 5 aromatic rings. The lowest BCUT2D eigenvalue weighted by Crippen LogP contribution is -2.24. The van der Waals surface area contributed by atoms with Gasteiger partial charge >= 0.3 is 0 Å². The molecule has 31 heavy (non-hydrogen) atoms. The number of aromatic nitrogens is 4. The zero-order valence-electron chi connectivity index (χ0n) is 16.8. The molecule has 1 atom stereocenters. The quantitative estimate of drug-likeness (QED) is 0.399. The highest BCUT2D eigenvalue weighted by Gasteiger charge is 2.28. The topological polar surface area (TPSA) is 46.3 Å². The molecule has 0 saturated carbocycles. The number of hydrogen-bond acceptors (Lipinski definition) is 4. The lowest BCUT2D eigenvalue weighted by molar-refractivity contribution is 0.617. The maximum Gasteiger partial charge on any atom is 0.154 e. The second-order valence-electron chi connectivity index (χ2n) is 7.90. The maximum absolute atomic E-state index is 13.8. The second kappa shape index (κ2) is 7.16. The average Bonchev–Trinajstić information content (AvgIpc) is 3.46. The van der Waals surface area contributed by atoms with Crippen molar-refractivity contribution >= 4 is 22.4 Å². The van der Waals surface area contributed by atoms with Gasteiger partial charge in [-0.15, -0.1) is 5.10 Å². The zero-order valence-corrected chi connectivity index (χ0v) is 16.8. The molecule has 0 aliphatic carbocycles. The lowest BCUT2D eigenvalue weighted by atomic mass is 10.0. The molecule has 1 fully saturated rings. The van der Waals surface area contributed by atoms with Gasteiger partial charge in [0.1, 0.15) is 17.3 Å². The number of pyridine rings is 1. The first-order valence-electron chi connectivity index (χ1n) is 10.5. The van der Waals surface area contributed by atoms with E-state index in [-0.39, 0.29) is 11.9 Å². The van der Waals surface area contributed by atoms with Gasteiger partial charge in [0.15, 0.2) is 5.65 Å². The number of para-hydroxylation sites is 1. The Kier molecular flexibility index (Phi) is 4.16. The van der Waals surface area contributed by atoms with Crippen molar-refractivity contribution in [1.82, 2.24) is 19.6 Å². The highest BCUT2D eigenvalue weighted by molar-refractivity contribution is 5.81. The standard InChI is InChI=1S/C25H20FN5/c26-19-7-3-6-18(15-19)22-9-4-14-30(22)25-13-12-24-27-16-23(31(24)29-25)21-11-10-17-5-1-2-8-20(17)28-21/h1-3,5-8,10-13,15-16,22H,4,9,14H2. The van der Waals surface area contributed by atoms with Crippen LogP contribution in [-0.4, -0.2) is 26.1 Å². The summed E-state index contributed by atoms with van der Waals surface area (Å²) in [7, 11) is 0. The monoisotopic (exact) mass is 409 g/mol. The summed E-state index contributed by atoms with van der Waals surface area (Å²) in [6, 6.07) is 23.1. The molecule has 1 aliphatic heterocycles. The molecule has 0 amide bonds. The van der Waals surface area contributed by atoms with E-state index in [0.717, 1.165) is 58.7 Å². The fraction of sp³-hybridized carbons (Fsp3) is 0.160. The van der Waals surface area contributed by atoms with Gasteiger partial charge in [0.05, 0.1) is 23.4 Å². The van der Waals surface area contributed by atoms with Crippen LogP contribution in [0.1, 0.15) is 24.4 Å². The minimum Gasteiger partial charge on any atom is -0.348 e. The summed E-state index contributed by atoms with van der Waals surface area (Å²) in [4.78, 5) is 11.6. The Balaban J connectivity index is 1.42. The van der Waals surface area contributed by atoms with Gasteiger partial charge in [-0.05, 0) is 54.8 Å². The maximum atomic E-state index is 13.8. The number of fused-ring (bicyclic) bond motifs is 2. The minimum atomic E-state index is -0.202. The second-order valence-corrected chi connectivity index (χ2v) is 7.90. The third kappa shape index (κ3) is 3.11. The van der Waals surface area contributed by atoms with Gasteiger partial charge in [-0.1, -0.05) is 36.4 Å². The highest BCUT2D eigenvalue weighted by atomic mass is 19.1. The fourth-order valence-corrected chi connectivity index (χ4v) is 4.50. The van der Waals surface area contributed by atoms with E-state index in [0.29, 0.717) is 0 Å². The summed E-state index contributed by atoms with van der Waals surface area (Å²) in [6.07, 6.45) is 3.84. The Morgan fingerprint density at radius 3 is 2.81 bits per heavy atom. The molecule has 1 aliphatic rings. The van der Waals surface area contributed by atoms with Crippen molar-refractivity contribution in [3.05, 3.63) is 90.4 Å². The van der Waals surface area contributed by atoms with Gasteiger partial charge in [0.25, 0.3) is 0 Å². The Labute approximate surface area is 178 Å².